The van der Waals surface area contributed by atoms with Crippen molar-refractivity contribution in [3.8, 4) is 5.75 Å². The lowest BCUT2D eigenvalue weighted by Crippen LogP contribution is -2.30. The number of hydrogen-bond donors (Lipinski definition) is 1. The standard InChI is InChI=1S/C26H23N3O4/c1-28-25(31)27-29(26(28)32)22-14-10-18(15-23(30)17-7-11-19(33-2)12-8-17)21-13-9-16-5-3-4-6-20(16)24(21)22/h3-14,18,22H,15H2,1-2H3,(H,27,31)/t18-,22-/m1/s1. The number of aromatic amines is 1. The van der Waals surface area contributed by atoms with Gasteiger partial charge in [-0.15, -0.1) is 0 Å². The molecular weight excluding hydrogens is 418 g/mol. The summed E-state index contributed by atoms with van der Waals surface area (Å²) in [7, 11) is 3.04. The van der Waals surface area contributed by atoms with Gasteiger partial charge in [0.15, 0.2) is 5.78 Å². The maximum atomic E-state index is 13.1. The predicted molar refractivity (Wildman–Crippen MR) is 126 cm³/mol. The first-order valence-corrected chi connectivity index (χ1v) is 10.7. The molecule has 0 radical (unpaired) electrons. The van der Waals surface area contributed by atoms with Crippen molar-refractivity contribution in [2.75, 3.05) is 7.11 Å². The third-order valence-electron chi connectivity index (χ3n) is 6.33. The number of hydrogen-bond acceptors (Lipinski definition) is 4. The van der Waals surface area contributed by atoms with Crippen LogP contribution in [-0.4, -0.2) is 27.2 Å². The number of aromatic nitrogens is 3. The van der Waals surface area contributed by atoms with E-state index >= 15 is 0 Å². The van der Waals surface area contributed by atoms with Crippen LogP contribution in [0.4, 0.5) is 0 Å². The Morgan fingerprint density at radius 2 is 1.76 bits per heavy atom. The topological polar surface area (TPSA) is 86.1 Å². The molecule has 0 fully saturated rings. The van der Waals surface area contributed by atoms with Crippen molar-refractivity contribution < 1.29 is 9.53 Å². The van der Waals surface area contributed by atoms with Crippen molar-refractivity contribution >= 4 is 16.6 Å². The van der Waals surface area contributed by atoms with Gasteiger partial charge in [-0.1, -0.05) is 48.6 Å². The Balaban J connectivity index is 1.60. The monoisotopic (exact) mass is 441 g/mol. The molecule has 0 unspecified atom stereocenters. The second-order valence-corrected chi connectivity index (χ2v) is 8.21. The third kappa shape index (κ3) is 3.51. The zero-order chi connectivity index (χ0) is 23.1. The Kier molecular flexibility index (Phi) is 5.09. The SMILES string of the molecule is COc1ccc(C(=O)C[C@H]2C=C[C@@H](n3[nH]c(=O)n(C)c3=O)c3c2ccc2ccccc32)cc1. The summed E-state index contributed by atoms with van der Waals surface area (Å²) in [5.41, 5.74) is 1.64. The molecule has 3 aromatic carbocycles. The van der Waals surface area contributed by atoms with Gasteiger partial charge in [-0.05, 0) is 46.2 Å². The lowest BCUT2D eigenvalue weighted by molar-refractivity contribution is 0.0978. The van der Waals surface area contributed by atoms with Crippen LogP contribution in [0.25, 0.3) is 10.8 Å². The Morgan fingerprint density at radius 3 is 2.45 bits per heavy atom. The molecule has 7 heteroatoms. The van der Waals surface area contributed by atoms with Gasteiger partial charge < -0.3 is 4.74 Å². The Bertz CT molecular complexity index is 1510. The van der Waals surface area contributed by atoms with Crippen LogP contribution in [0.5, 0.6) is 5.75 Å². The molecule has 1 aliphatic carbocycles. The van der Waals surface area contributed by atoms with Crippen molar-refractivity contribution in [3.63, 3.8) is 0 Å². The summed E-state index contributed by atoms with van der Waals surface area (Å²) in [4.78, 5) is 37.9. The molecular formula is C26H23N3O4. The first kappa shape index (κ1) is 20.8. The number of ether oxygens (including phenoxy) is 1. The molecule has 1 aliphatic rings. The predicted octanol–water partition coefficient (Wildman–Crippen LogP) is 3.55. The molecule has 1 aromatic heterocycles. The average Bonchev–Trinajstić information content (AvgIpc) is 3.11. The maximum Gasteiger partial charge on any atom is 0.347 e. The second kappa shape index (κ2) is 8.09. The largest absolute Gasteiger partial charge is 0.497 e. The van der Waals surface area contributed by atoms with E-state index in [4.69, 9.17) is 4.74 Å². The van der Waals surface area contributed by atoms with Gasteiger partial charge in [0, 0.05) is 24.9 Å². The molecule has 2 atom stereocenters. The maximum absolute atomic E-state index is 13.1. The van der Waals surface area contributed by atoms with Crippen LogP contribution < -0.4 is 16.1 Å². The number of carbonyl (C=O) groups excluding carboxylic acids is 1. The van der Waals surface area contributed by atoms with E-state index in [0.717, 1.165) is 26.5 Å². The zero-order valence-electron chi connectivity index (χ0n) is 18.3. The molecule has 0 spiro atoms. The van der Waals surface area contributed by atoms with Crippen LogP contribution in [0.1, 0.15) is 39.9 Å². The zero-order valence-corrected chi connectivity index (χ0v) is 18.3. The minimum Gasteiger partial charge on any atom is -0.497 e. The minimum absolute atomic E-state index is 0.0233. The molecule has 0 amide bonds. The highest BCUT2D eigenvalue weighted by Gasteiger charge is 2.29. The highest BCUT2D eigenvalue weighted by Crippen LogP contribution is 2.40. The van der Waals surface area contributed by atoms with Gasteiger partial charge in [0.2, 0.25) is 0 Å². The van der Waals surface area contributed by atoms with Gasteiger partial charge in [-0.25, -0.2) is 23.9 Å². The van der Waals surface area contributed by atoms with Gasteiger partial charge in [0.05, 0.1) is 13.2 Å². The number of ketones is 1. The average molecular weight is 441 g/mol. The highest BCUT2D eigenvalue weighted by molar-refractivity contribution is 5.97. The van der Waals surface area contributed by atoms with Crippen LogP contribution in [0, 0.1) is 0 Å². The molecule has 1 heterocycles. The quantitative estimate of drug-likeness (QED) is 0.379. The number of benzene rings is 3. The number of rotatable bonds is 5. The number of fused-ring (bicyclic) bond motifs is 3. The Labute approximate surface area is 189 Å². The minimum atomic E-state index is -0.472. The first-order valence-electron chi connectivity index (χ1n) is 10.7. The van der Waals surface area contributed by atoms with Crippen molar-refractivity contribution in [2.45, 2.75) is 18.4 Å². The summed E-state index contributed by atoms with van der Waals surface area (Å²) in [5.74, 6) is 0.572. The van der Waals surface area contributed by atoms with E-state index in [9.17, 15) is 14.4 Å². The third-order valence-corrected chi connectivity index (χ3v) is 6.33. The summed E-state index contributed by atoms with van der Waals surface area (Å²) >= 11 is 0. The summed E-state index contributed by atoms with van der Waals surface area (Å²) < 4.78 is 7.59. The molecule has 166 valence electrons. The van der Waals surface area contributed by atoms with Crippen LogP contribution in [0.3, 0.4) is 0 Å². The van der Waals surface area contributed by atoms with Crippen LogP contribution in [-0.2, 0) is 7.05 Å². The van der Waals surface area contributed by atoms with E-state index in [1.807, 2.05) is 48.6 Å². The highest BCUT2D eigenvalue weighted by atomic mass is 16.5. The molecule has 4 aromatic rings. The van der Waals surface area contributed by atoms with Crippen molar-refractivity contribution in [3.05, 3.63) is 110 Å². The number of nitrogens with one attached hydrogen (secondary N) is 1. The molecule has 0 bridgehead atoms. The van der Waals surface area contributed by atoms with Gasteiger partial charge in [-0.3, -0.25) is 4.79 Å². The summed E-state index contributed by atoms with van der Waals surface area (Å²) in [6.07, 6.45) is 4.15. The number of Topliss-reactive ketones (excluding diaryl/α,β-unsaturated/α-hetero) is 1. The summed E-state index contributed by atoms with van der Waals surface area (Å²) in [6, 6.07) is 18.6. The van der Waals surface area contributed by atoms with Crippen LogP contribution >= 0.6 is 0 Å². The summed E-state index contributed by atoms with van der Waals surface area (Å²) in [6.45, 7) is 0. The fourth-order valence-electron chi connectivity index (χ4n) is 4.56. The van der Waals surface area contributed by atoms with E-state index in [-0.39, 0.29) is 11.7 Å². The fraction of sp³-hybridized carbons (Fsp3) is 0.192. The molecule has 7 nitrogen and oxygen atoms in total. The lowest BCUT2D eigenvalue weighted by Gasteiger charge is -2.28. The van der Waals surface area contributed by atoms with Crippen LogP contribution in [0.2, 0.25) is 0 Å². The van der Waals surface area contributed by atoms with Crippen molar-refractivity contribution in [1.29, 1.82) is 0 Å². The van der Waals surface area contributed by atoms with Crippen molar-refractivity contribution in [2.24, 2.45) is 7.05 Å². The fourth-order valence-corrected chi connectivity index (χ4v) is 4.56. The van der Waals surface area contributed by atoms with E-state index < -0.39 is 17.4 Å². The molecule has 0 saturated carbocycles. The first-order chi connectivity index (χ1) is 16.0. The van der Waals surface area contributed by atoms with E-state index in [0.29, 0.717) is 17.7 Å². The van der Waals surface area contributed by atoms with Gasteiger partial charge in [-0.2, -0.15) is 0 Å². The number of carbonyl (C=O) groups is 1. The molecule has 0 saturated heterocycles. The Morgan fingerprint density at radius 1 is 1.00 bits per heavy atom. The van der Waals surface area contributed by atoms with E-state index in [1.165, 1.54) is 11.7 Å². The second-order valence-electron chi connectivity index (χ2n) is 8.21. The van der Waals surface area contributed by atoms with E-state index in [1.54, 1.807) is 31.4 Å². The molecule has 0 aliphatic heterocycles. The lowest BCUT2D eigenvalue weighted by atomic mass is 9.79. The van der Waals surface area contributed by atoms with Crippen LogP contribution in [0.15, 0.2) is 82.4 Å². The number of nitrogens with zero attached hydrogens (tertiary/aromatic N) is 2. The van der Waals surface area contributed by atoms with Gasteiger partial charge in [0.1, 0.15) is 5.75 Å². The summed E-state index contributed by atoms with van der Waals surface area (Å²) in [5, 5.41) is 4.68. The molecule has 33 heavy (non-hydrogen) atoms. The number of H-pyrrole nitrogens is 1. The van der Waals surface area contributed by atoms with Gasteiger partial charge in [0.25, 0.3) is 0 Å². The van der Waals surface area contributed by atoms with Gasteiger partial charge >= 0.3 is 11.4 Å². The number of allylic oxidation sites excluding steroid dienone is 2. The van der Waals surface area contributed by atoms with E-state index in [2.05, 4.69) is 5.10 Å². The smallest absolute Gasteiger partial charge is 0.347 e. The van der Waals surface area contributed by atoms with Crippen molar-refractivity contribution in [1.82, 2.24) is 14.3 Å². The molecule has 5 rings (SSSR count). The molecule has 1 N–H and O–H groups in total. The Hall–Kier alpha value is -4.13. The number of methoxy groups -OCH3 is 1. The normalized spacial score (nSPS) is 17.2.